The van der Waals surface area contributed by atoms with Crippen LogP contribution in [-0.2, 0) is 14.3 Å². The average Bonchev–Trinajstić information content (AvgIpc) is 3.27. The third-order valence-electron chi connectivity index (χ3n) is 3.41. The van der Waals surface area contributed by atoms with Gasteiger partial charge in [0.15, 0.2) is 0 Å². The minimum absolute atomic E-state index is 0.0154. The van der Waals surface area contributed by atoms with E-state index in [0.29, 0.717) is 26.3 Å². The maximum absolute atomic E-state index is 12.6. The summed E-state index contributed by atoms with van der Waals surface area (Å²) in [5.74, 6) is -0.878. The highest BCUT2D eigenvalue weighted by atomic mass is 16.5. The lowest BCUT2D eigenvalue weighted by Gasteiger charge is -2.30. The molecular formula is C14H26N2O5. The van der Waals surface area contributed by atoms with Gasteiger partial charge >= 0.3 is 12.0 Å². The number of nitrogens with zero attached hydrogens (tertiary/aromatic N) is 2. The van der Waals surface area contributed by atoms with Crippen LogP contribution >= 0.6 is 0 Å². The number of rotatable bonds is 11. The Hall–Kier alpha value is -1.34. The minimum atomic E-state index is -0.878. The molecule has 1 fully saturated rings. The number of ether oxygens (including phenoxy) is 2. The molecule has 1 N–H and O–H groups in total. The molecule has 1 aliphatic carbocycles. The molecule has 0 atom stereocenters. The van der Waals surface area contributed by atoms with Crippen LogP contribution in [-0.4, -0.2) is 80.0 Å². The Bertz CT molecular complexity index is 333. The number of methoxy groups -OCH3 is 2. The number of carboxylic acids is 1. The standard InChI is InChI=1S/C14H26N2O5/c1-20-10-3-7-15(9-11-21-2)14(19)16(12-4-5-12)8-6-13(17)18/h12H,3-11H2,1-2H3,(H,17,18). The Morgan fingerprint density at radius 2 is 1.76 bits per heavy atom. The fourth-order valence-electron chi connectivity index (χ4n) is 2.12. The Morgan fingerprint density at radius 3 is 2.29 bits per heavy atom. The fraction of sp³-hybridized carbons (Fsp3) is 0.857. The van der Waals surface area contributed by atoms with Gasteiger partial charge in [0.25, 0.3) is 0 Å². The van der Waals surface area contributed by atoms with E-state index in [1.807, 2.05) is 0 Å². The van der Waals surface area contributed by atoms with Crippen molar-refractivity contribution >= 4 is 12.0 Å². The summed E-state index contributed by atoms with van der Waals surface area (Å²) in [6.07, 6.45) is 2.66. The molecule has 0 aromatic heterocycles. The average molecular weight is 302 g/mol. The number of carboxylic acid groups (broad SMARTS) is 1. The Kier molecular flexibility index (Phi) is 8.07. The largest absolute Gasteiger partial charge is 0.481 e. The maximum Gasteiger partial charge on any atom is 0.320 e. The minimum Gasteiger partial charge on any atom is -0.481 e. The molecule has 0 aliphatic heterocycles. The zero-order valence-electron chi connectivity index (χ0n) is 12.9. The van der Waals surface area contributed by atoms with Crippen molar-refractivity contribution in [2.45, 2.75) is 31.7 Å². The van der Waals surface area contributed by atoms with Crippen molar-refractivity contribution in [3.63, 3.8) is 0 Å². The van der Waals surface area contributed by atoms with E-state index in [2.05, 4.69) is 0 Å². The number of carbonyl (C=O) groups is 2. The first kappa shape index (κ1) is 17.7. The molecule has 0 radical (unpaired) electrons. The number of amides is 2. The third kappa shape index (κ3) is 6.77. The zero-order chi connectivity index (χ0) is 15.7. The van der Waals surface area contributed by atoms with Crippen molar-refractivity contribution in [3.05, 3.63) is 0 Å². The molecule has 1 saturated carbocycles. The lowest BCUT2D eigenvalue weighted by Crippen LogP contribution is -2.46. The summed E-state index contributed by atoms with van der Waals surface area (Å²) in [5.41, 5.74) is 0. The van der Waals surface area contributed by atoms with E-state index in [-0.39, 0.29) is 25.0 Å². The molecule has 0 spiro atoms. The SMILES string of the molecule is COCCCN(CCOC)C(=O)N(CCC(=O)O)C1CC1. The maximum atomic E-state index is 12.6. The van der Waals surface area contributed by atoms with E-state index in [1.165, 1.54) is 0 Å². The van der Waals surface area contributed by atoms with E-state index in [9.17, 15) is 9.59 Å². The quantitative estimate of drug-likeness (QED) is 0.577. The molecule has 7 nitrogen and oxygen atoms in total. The highest BCUT2D eigenvalue weighted by Gasteiger charge is 2.34. The number of hydrogen-bond acceptors (Lipinski definition) is 4. The summed E-state index contributed by atoms with van der Waals surface area (Å²) in [7, 11) is 3.23. The van der Waals surface area contributed by atoms with Gasteiger partial charge in [0.05, 0.1) is 13.0 Å². The summed E-state index contributed by atoms with van der Waals surface area (Å²) in [5, 5.41) is 8.81. The first-order valence-corrected chi connectivity index (χ1v) is 7.35. The molecule has 7 heteroatoms. The second-order valence-electron chi connectivity index (χ2n) is 5.18. The summed E-state index contributed by atoms with van der Waals surface area (Å²) in [6.45, 7) is 2.43. The second kappa shape index (κ2) is 9.57. The Balaban J connectivity index is 2.57. The molecule has 1 aliphatic rings. The molecular weight excluding hydrogens is 276 g/mol. The van der Waals surface area contributed by atoms with Crippen molar-refractivity contribution in [1.82, 2.24) is 9.80 Å². The highest BCUT2D eigenvalue weighted by Crippen LogP contribution is 2.28. The van der Waals surface area contributed by atoms with E-state index in [0.717, 1.165) is 19.3 Å². The molecule has 122 valence electrons. The van der Waals surface area contributed by atoms with E-state index >= 15 is 0 Å². The van der Waals surface area contributed by atoms with Crippen molar-refractivity contribution in [1.29, 1.82) is 0 Å². The predicted octanol–water partition coefficient (Wildman–Crippen LogP) is 1.03. The van der Waals surface area contributed by atoms with Gasteiger partial charge in [-0.05, 0) is 19.3 Å². The summed E-state index contributed by atoms with van der Waals surface area (Å²) < 4.78 is 10.1. The molecule has 21 heavy (non-hydrogen) atoms. The van der Waals surface area contributed by atoms with Gasteiger partial charge in [0.2, 0.25) is 0 Å². The van der Waals surface area contributed by atoms with Crippen molar-refractivity contribution in [3.8, 4) is 0 Å². The first-order valence-electron chi connectivity index (χ1n) is 7.35. The fourth-order valence-corrected chi connectivity index (χ4v) is 2.12. The van der Waals surface area contributed by atoms with Crippen molar-refractivity contribution < 1.29 is 24.2 Å². The van der Waals surface area contributed by atoms with Crippen LogP contribution in [0.1, 0.15) is 25.7 Å². The molecule has 0 aromatic carbocycles. The van der Waals surface area contributed by atoms with Crippen LogP contribution in [0.25, 0.3) is 0 Å². The molecule has 1 rings (SSSR count). The molecule has 0 aromatic rings. The summed E-state index contributed by atoms with van der Waals surface area (Å²) in [4.78, 5) is 26.7. The lowest BCUT2D eigenvalue weighted by atomic mass is 10.3. The van der Waals surface area contributed by atoms with Gasteiger partial charge in [0, 0.05) is 46.5 Å². The smallest absolute Gasteiger partial charge is 0.320 e. The van der Waals surface area contributed by atoms with Gasteiger partial charge in [-0.1, -0.05) is 0 Å². The summed E-state index contributed by atoms with van der Waals surface area (Å²) in [6, 6.07) is 0.108. The van der Waals surface area contributed by atoms with Gasteiger partial charge in [-0.15, -0.1) is 0 Å². The molecule has 0 bridgehead atoms. The topological polar surface area (TPSA) is 79.3 Å². The first-order chi connectivity index (χ1) is 10.1. The number of carbonyl (C=O) groups excluding carboxylic acids is 1. The highest BCUT2D eigenvalue weighted by molar-refractivity contribution is 5.76. The van der Waals surface area contributed by atoms with Crippen LogP contribution in [0.15, 0.2) is 0 Å². The molecule has 0 unspecified atom stereocenters. The van der Waals surface area contributed by atoms with Gasteiger partial charge < -0.3 is 24.4 Å². The monoisotopic (exact) mass is 302 g/mol. The van der Waals surface area contributed by atoms with Crippen LogP contribution in [0, 0.1) is 0 Å². The number of aliphatic carboxylic acids is 1. The van der Waals surface area contributed by atoms with Crippen LogP contribution < -0.4 is 0 Å². The number of urea groups is 1. The van der Waals surface area contributed by atoms with Gasteiger partial charge in [0.1, 0.15) is 0 Å². The second-order valence-corrected chi connectivity index (χ2v) is 5.18. The lowest BCUT2D eigenvalue weighted by molar-refractivity contribution is -0.137. The normalized spacial score (nSPS) is 14.0. The van der Waals surface area contributed by atoms with Crippen LogP contribution in [0.2, 0.25) is 0 Å². The molecule has 0 saturated heterocycles. The van der Waals surface area contributed by atoms with Gasteiger partial charge in [-0.2, -0.15) is 0 Å². The zero-order valence-corrected chi connectivity index (χ0v) is 12.9. The third-order valence-corrected chi connectivity index (χ3v) is 3.41. The van der Waals surface area contributed by atoms with Gasteiger partial charge in [-0.3, -0.25) is 4.79 Å². The number of hydrogen-bond donors (Lipinski definition) is 1. The van der Waals surface area contributed by atoms with Crippen LogP contribution in [0.5, 0.6) is 0 Å². The van der Waals surface area contributed by atoms with E-state index in [4.69, 9.17) is 14.6 Å². The van der Waals surface area contributed by atoms with E-state index in [1.54, 1.807) is 24.0 Å². The molecule has 2 amide bonds. The van der Waals surface area contributed by atoms with Crippen molar-refractivity contribution in [2.75, 3.05) is 47.1 Å². The van der Waals surface area contributed by atoms with E-state index < -0.39 is 5.97 Å². The predicted molar refractivity (Wildman–Crippen MR) is 77.3 cm³/mol. The molecule has 0 heterocycles. The van der Waals surface area contributed by atoms with Crippen molar-refractivity contribution in [2.24, 2.45) is 0 Å². The van der Waals surface area contributed by atoms with Crippen LogP contribution in [0.4, 0.5) is 4.79 Å². The summed E-state index contributed by atoms with van der Waals surface area (Å²) >= 11 is 0. The van der Waals surface area contributed by atoms with Gasteiger partial charge in [-0.25, -0.2) is 4.79 Å². The van der Waals surface area contributed by atoms with Crippen LogP contribution in [0.3, 0.4) is 0 Å². The Morgan fingerprint density at radius 1 is 1.10 bits per heavy atom. The Labute approximate surface area is 125 Å².